The second-order valence-corrected chi connectivity index (χ2v) is 8.19. The number of rotatable bonds is 5. The molecule has 2 amide bonds. The highest BCUT2D eigenvalue weighted by Crippen LogP contribution is 2.28. The van der Waals surface area contributed by atoms with Crippen molar-refractivity contribution in [3.63, 3.8) is 0 Å². The van der Waals surface area contributed by atoms with Gasteiger partial charge in [-0.2, -0.15) is 0 Å². The third-order valence-corrected chi connectivity index (χ3v) is 4.86. The van der Waals surface area contributed by atoms with Gasteiger partial charge in [-0.05, 0) is 59.5 Å². The Kier molecular flexibility index (Phi) is 6.30. The fourth-order valence-electron chi connectivity index (χ4n) is 3.00. The SMILES string of the molecule is COc1ccc(C(=O)Nc2cc(O)ccc2NC(=O)c2ccc(C(C)(C)C)cc2)cc1. The molecule has 6 heteroatoms. The summed E-state index contributed by atoms with van der Waals surface area (Å²) in [5.41, 5.74) is 2.70. The first-order valence-corrected chi connectivity index (χ1v) is 9.87. The first kappa shape index (κ1) is 21.9. The molecule has 0 radical (unpaired) electrons. The maximum Gasteiger partial charge on any atom is 0.255 e. The first-order chi connectivity index (χ1) is 14.7. The average Bonchev–Trinajstić information content (AvgIpc) is 2.75. The van der Waals surface area contributed by atoms with Crippen LogP contribution in [-0.2, 0) is 5.41 Å². The fraction of sp³-hybridized carbons (Fsp3) is 0.200. The number of methoxy groups -OCH3 is 1. The zero-order valence-electron chi connectivity index (χ0n) is 18.0. The first-order valence-electron chi connectivity index (χ1n) is 9.87. The van der Waals surface area contributed by atoms with Gasteiger partial charge in [-0.3, -0.25) is 9.59 Å². The summed E-state index contributed by atoms with van der Waals surface area (Å²) in [6.45, 7) is 6.32. The van der Waals surface area contributed by atoms with Gasteiger partial charge in [-0.25, -0.2) is 0 Å². The van der Waals surface area contributed by atoms with Crippen LogP contribution in [0.2, 0.25) is 0 Å². The van der Waals surface area contributed by atoms with Crippen LogP contribution in [0.15, 0.2) is 66.7 Å². The van der Waals surface area contributed by atoms with Crippen molar-refractivity contribution in [2.45, 2.75) is 26.2 Å². The summed E-state index contributed by atoms with van der Waals surface area (Å²) in [5.74, 6) is -0.0822. The Hall–Kier alpha value is -3.80. The van der Waals surface area contributed by atoms with E-state index in [0.717, 1.165) is 5.56 Å². The normalized spacial score (nSPS) is 11.0. The fourth-order valence-corrected chi connectivity index (χ4v) is 3.00. The van der Waals surface area contributed by atoms with Crippen molar-refractivity contribution in [1.82, 2.24) is 0 Å². The summed E-state index contributed by atoms with van der Waals surface area (Å²) in [6, 6.07) is 18.4. The van der Waals surface area contributed by atoms with E-state index in [9.17, 15) is 14.7 Å². The number of carbonyl (C=O) groups excluding carboxylic acids is 2. The van der Waals surface area contributed by atoms with Crippen LogP contribution in [0.4, 0.5) is 11.4 Å². The maximum atomic E-state index is 12.7. The lowest BCUT2D eigenvalue weighted by molar-refractivity contribution is 0.101. The zero-order chi connectivity index (χ0) is 22.6. The van der Waals surface area contributed by atoms with Crippen molar-refractivity contribution in [3.05, 3.63) is 83.4 Å². The molecular formula is C25H26N2O4. The smallest absolute Gasteiger partial charge is 0.255 e. The van der Waals surface area contributed by atoms with Gasteiger partial charge in [-0.1, -0.05) is 32.9 Å². The molecule has 0 spiro atoms. The summed E-state index contributed by atoms with van der Waals surface area (Å²) >= 11 is 0. The van der Waals surface area contributed by atoms with Crippen LogP contribution in [0.25, 0.3) is 0 Å². The minimum absolute atomic E-state index is 0.00906. The van der Waals surface area contributed by atoms with Gasteiger partial charge in [0.15, 0.2) is 0 Å². The van der Waals surface area contributed by atoms with Crippen LogP contribution in [0, 0.1) is 0 Å². The predicted octanol–water partition coefficient (Wildman–Crippen LogP) is 5.20. The van der Waals surface area contributed by atoms with Gasteiger partial charge >= 0.3 is 0 Å². The number of hydrogen-bond donors (Lipinski definition) is 3. The molecule has 3 N–H and O–H groups in total. The maximum absolute atomic E-state index is 12.7. The molecule has 0 atom stereocenters. The molecule has 160 valence electrons. The monoisotopic (exact) mass is 418 g/mol. The highest BCUT2D eigenvalue weighted by atomic mass is 16.5. The molecule has 0 saturated heterocycles. The number of aromatic hydroxyl groups is 1. The summed E-state index contributed by atoms with van der Waals surface area (Å²) in [6.07, 6.45) is 0. The van der Waals surface area contributed by atoms with Crippen molar-refractivity contribution in [1.29, 1.82) is 0 Å². The van der Waals surface area contributed by atoms with Gasteiger partial charge in [0.1, 0.15) is 11.5 Å². The summed E-state index contributed by atoms with van der Waals surface area (Å²) < 4.78 is 5.10. The van der Waals surface area contributed by atoms with Crippen LogP contribution in [0.5, 0.6) is 11.5 Å². The van der Waals surface area contributed by atoms with Gasteiger partial charge in [0.25, 0.3) is 11.8 Å². The minimum atomic E-state index is -0.377. The van der Waals surface area contributed by atoms with E-state index in [1.54, 1.807) is 49.6 Å². The Morgan fingerprint density at radius 2 is 1.29 bits per heavy atom. The highest BCUT2D eigenvalue weighted by molar-refractivity contribution is 6.10. The molecule has 0 aliphatic heterocycles. The highest BCUT2D eigenvalue weighted by Gasteiger charge is 2.16. The van der Waals surface area contributed by atoms with Gasteiger partial charge in [0.05, 0.1) is 18.5 Å². The molecule has 0 unspecified atom stereocenters. The van der Waals surface area contributed by atoms with E-state index in [0.29, 0.717) is 28.3 Å². The van der Waals surface area contributed by atoms with Gasteiger partial charge in [-0.15, -0.1) is 0 Å². The number of nitrogens with one attached hydrogen (secondary N) is 2. The van der Waals surface area contributed by atoms with E-state index >= 15 is 0 Å². The predicted molar refractivity (Wildman–Crippen MR) is 122 cm³/mol. The van der Waals surface area contributed by atoms with Gasteiger partial charge in [0.2, 0.25) is 0 Å². The Bertz CT molecular complexity index is 1080. The zero-order valence-corrected chi connectivity index (χ0v) is 18.0. The Labute approximate surface area is 181 Å². The van der Waals surface area contributed by atoms with Crippen molar-refractivity contribution in [3.8, 4) is 11.5 Å². The average molecular weight is 418 g/mol. The molecule has 0 fully saturated rings. The quantitative estimate of drug-likeness (QED) is 0.497. The standard InChI is InChI=1S/C25H26N2O4/c1-25(2,3)18-9-5-16(6-10-18)23(29)26-21-14-11-19(28)15-22(21)27-24(30)17-7-12-20(31-4)13-8-17/h5-15,28H,1-4H3,(H,26,29)(H,27,30). The summed E-state index contributed by atoms with van der Waals surface area (Å²) in [5, 5.41) is 15.4. The number of ether oxygens (including phenoxy) is 1. The lowest BCUT2D eigenvalue weighted by Gasteiger charge is -2.19. The van der Waals surface area contributed by atoms with Crippen molar-refractivity contribution < 1.29 is 19.4 Å². The molecular weight excluding hydrogens is 392 g/mol. The minimum Gasteiger partial charge on any atom is -0.508 e. The van der Waals surface area contributed by atoms with Crippen LogP contribution in [0.1, 0.15) is 47.1 Å². The number of carbonyl (C=O) groups is 2. The van der Waals surface area contributed by atoms with E-state index in [1.165, 1.54) is 12.1 Å². The molecule has 31 heavy (non-hydrogen) atoms. The molecule has 0 saturated carbocycles. The lowest BCUT2D eigenvalue weighted by atomic mass is 9.87. The lowest BCUT2D eigenvalue weighted by Crippen LogP contribution is -2.17. The molecule has 0 aliphatic rings. The largest absolute Gasteiger partial charge is 0.508 e. The third kappa shape index (κ3) is 5.42. The number of phenols is 1. The van der Waals surface area contributed by atoms with Crippen LogP contribution < -0.4 is 15.4 Å². The number of anilines is 2. The van der Waals surface area contributed by atoms with Crippen LogP contribution in [0.3, 0.4) is 0 Å². The van der Waals surface area contributed by atoms with E-state index in [4.69, 9.17) is 4.74 Å². The van der Waals surface area contributed by atoms with Gasteiger partial charge in [0, 0.05) is 17.2 Å². The number of benzene rings is 3. The molecule has 3 aromatic carbocycles. The van der Waals surface area contributed by atoms with Crippen molar-refractivity contribution >= 4 is 23.2 Å². The molecule has 6 nitrogen and oxygen atoms in total. The second kappa shape index (κ2) is 8.92. The number of phenolic OH excluding ortho intramolecular Hbond substituents is 1. The second-order valence-electron chi connectivity index (χ2n) is 8.19. The topological polar surface area (TPSA) is 87.7 Å². The molecule has 0 aliphatic carbocycles. The van der Waals surface area contributed by atoms with E-state index < -0.39 is 0 Å². The molecule has 0 heterocycles. The third-order valence-electron chi connectivity index (χ3n) is 4.86. The van der Waals surface area contributed by atoms with Gasteiger partial charge < -0.3 is 20.5 Å². The molecule has 0 aromatic heterocycles. The summed E-state index contributed by atoms with van der Waals surface area (Å²) in [7, 11) is 1.55. The number of hydrogen-bond acceptors (Lipinski definition) is 4. The van der Waals surface area contributed by atoms with E-state index in [-0.39, 0.29) is 23.0 Å². The molecule has 3 rings (SSSR count). The number of amides is 2. The Morgan fingerprint density at radius 1 is 0.774 bits per heavy atom. The summed E-state index contributed by atoms with van der Waals surface area (Å²) in [4.78, 5) is 25.4. The molecule has 0 bridgehead atoms. The van der Waals surface area contributed by atoms with Crippen LogP contribution >= 0.6 is 0 Å². The Balaban J connectivity index is 1.79. The van der Waals surface area contributed by atoms with E-state index in [1.807, 2.05) is 12.1 Å². The van der Waals surface area contributed by atoms with Crippen molar-refractivity contribution in [2.75, 3.05) is 17.7 Å². The van der Waals surface area contributed by atoms with Crippen molar-refractivity contribution in [2.24, 2.45) is 0 Å². The molecule has 3 aromatic rings. The van der Waals surface area contributed by atoms with E-state index in [2.05, 4.69) is 31.4 Å². The van der Waals surface area contributed by atoms with Crippen LogP contribution in [-0.4, -0.2) is 24.0 Å². The Morgan fingerprint density at radius 3 is 1.81 bits per heavy atom.